The van der Waals surface area contributed by atoms with Crippen LogP contribution in [0.4, 0.5) is 0 Å². The van der Waals surface area contributed by atoms with Gasteiger partial charge < -0.3 is 9.47 Å². The fraction of sp³-hybridized carbons (Fsp3) is 0.688. The molecule has 2 rings (SSSR count). The molecule has 0 aromatic heterocycles. The van der Waals surface area contributed by atoms with Gasteiger partial charge in [-0.15, -0.1) is 0 Å². The fourth-order valence-corrected chi connectivity index (χ4v) is 3.01. The van der Waals surface area contributed by atoms with E-state index in [1.54, 1.807) is 0 Å². The first-order valence-electron chi connectivity index (χ1n) is 6.92. The van der Waals surface area contributed by atoms with E-state index in [0.717, 1.165) is 6.42 Å². The first-order chi connectivity index (χ1) is 8.80. The molecule has 106 valence electrons. The number of esters is 1. The van der Waals surface area contributed by atoms with E-state index in [0.29, 0.717) is 5.92 Å². The molecule has 3 atom stereocenters. The average molecular weight is 264 g/mol. The molecule has 0 spiro atoms. The Morgan fingerprint density at radius 3 is 2.74 bits per heavy atom. The van der Waals surface area contributed by atoms with E-state index in [-0.39, 0.29) is 11.4 Å². The zero-order valence-electron chi connectivity index (χ0n) is 12.5. The van der Waals surface area contributed by atoms with E-state index in [2.05, 4.69) is 32.9 Å². The Hall–Kier alpha value is -1.09. The molecule has 0 saturated carbocycles. The molecule has 0 aromatic carbocycles. The normalized spacial score (nSPS) is 37.0. The molecule has 19 heavy (non-hydrogen) atoms. The van der Waals surface area contributed by atoms with Gasteiger partial charge in [-0.25, -0.2) is 4.79 Å². The minimum atomic E-state index is -0.485. The van der Waals surface area contributed by atoms with Crippen LogP contribution in [0.3, 0.4) is 0 Å². The smallest absolute Gasteiger partial charge is 0.338 e. The van der Waals surface area contributed by atoms with Crippen molar-refractivity contribution >= 4 is 5.97 Å². The quantitative estimate of drug-likeness (QED) is 0.446. The Labute approximate surface area is 115 Å². The summed E-state index contributed by atoms with van der Waals surface area (Å²) in [4.78, 5) is 11.4. The van der Waals surface area contributed by atoms with Crippen LogP contribution >= 0.6 is 0 Å². The van der Waals surface area contributed by atoms with Crippen molar-refractivity contribution in [3.8, 4) is 0 Å². The number of carbonyl (C=O) groups excluding carboxylic acids is 1. The number of epoxide rings is 1. The lowest BCUT2D eigenvalue weighted by Crippen LogP contribution is -2.27. The largest absolute Gasteiger partial charge is 0.467 e. The van der Waals surface area contributed by atoms with Crippen LogP contribution in [0.5, 0.6) is 0 Å². The van der Waals surface area contributed by atoms with Crippen molar-refractivity contribution in [1.29, 1.82) is 0 Å². The zero-order valence-corrected chi connectivity index (χ0v) is 12.5. The van der Waals surface area contributed by atoms with Gasteiger partial charge in [0.25, 0.3) is 0 Å². The Bertz CT molecular complexity index is 433. The van der Waals surface area contributed by atoms with Gasteiger partial charge in [0.05, 0.1) is 7.11 Å². The zero-order chi connectivity index (χ0) is 14.3. The van der Waals surface area contributed by atoms with Crippen molar-refractivity contribution in [2.24, 2.45) is 11.3 Å². The van der Waals surface area contributed by atoms with Crippen molar-refractivity contribution in [1.82, 2.24) is 0 Å². The average Bonchev–Trinajstić information content (AvgIpc) is 2.99. The van der Waals surface area contributed by atoms with Crippen LogP contribution < -0.4 is 0 Å². The van der Waals surface area contributed by atoms with Crippen molar-refractivity contribution < 1.29 is 14.3 Å². The van der Waals surface area contributed by atoms with E-state index in [1.165, 1.54) is 19.1 Å². The van der Waals surface area contributed by atoms with Crippen LogP contribution in [0.2, 0.25) is 0 Å². The third kappa shape index (κ3) is 2.76. The Morgan fingerprint density at radius 2 is 2.16 bits per heavy atom. The van der Waals surface area contributed by atoms with E-state index < -0.39 is 11.7 Å². The van der Waals surface area contributed by atoms with Gasteiger partial charge in [-0.1, -0.05) is 37.6 Å². The van der Waals surface area contributed by atoms with E-state index >= 15 is 0 Å². The summed E-state index contributed by atoms with van der Waals surface area (Å²) in [6, 6.07) is 0. The number of rotatable bonds is 3. The second-order valence-electron chi connectivity index (χ2n) is 6.52. The highest BCUT2D eigenvalue weighted by atomic mass is 16.6. The third-order valence-electron chi connectivity index (χ3n) is 4.46. The summed E-state index contributed by atoms with van der Waals surface area (Å²) >= 11 is 0. The van der Waals surface area contributed by atoms with E-state index in [1.807, 2.05) is 13.0 Å². The predicted molar refractivity (Wildman–Crippen MR) is 74.7 cm³/mol. The topological polar surface area (TPSA) is 38.8 Å². The van der Waals surface area contributed by atoms with Gasteiger partial charge in [0.15, 0.2) is 6.10 Å². The molecule has 1 aliphatic carbocycles. The molecule has 0 amide bonds. The molecule has 0 unspecified atom stereocenters. The van der Waals surface area contributed by atoms with Crippen LogP contribution in [-0.4, -0.2) is 24.8 Å². The molecular formula is C16H24O3. The van der Waals surface area contributed by atoms with Gasteiger partial charge in [-0.05, 0) is 32.1 Å². The number of allylic oxidation sites excluding steroid dienone is 3. The molecule has 0 radical (unpaired) electrons. The number of ether oxygens (including phenoxy) is 2. The maximum Gasteiger partial charge on any atom is 0.338 e. The molecule has 3 heteroatoms. The van der Waals surface area contributed by atoms with E-state index in [9.17, 15) is 4.79 Å². The molecule has 2 aliphatic rings. The minimum absolute atomic E-state index is 0.265. The summed E-state index contributed by atoms with van der Waals surface area (Å²) in [5, 5.41) is 0. The van der Waals surface area contributed by atoms with Gasteiger partial charge in [-0.3, -0.25) is 0 Å². The maximum atomic E-state index is 11.4. The van der Waals surface area contributed by atoms with Gasteiger partial charge in [-0.2, -0.15) is 0 Å². The molecule has 0 N–H and O–H groups in total. The van der Waals surface area contributed by atoms with Crippen LogP contribution in [0, 0.1) is 11.3 Å². The Morgan fingerprint density at radius 1 is 1.47 bits per heavy atom. The molecule has 0 bridgehead atoms. The summed E-state index contributed by atoms with van der Waals surface area (Å²) in [7, 11) is 1.39. The van der Waals surface area contributed by atoms with Crippen LogP contribution in [0.25, 0.3) is 0 Å². The van der Waals surface area contributed by atoms with Gasteiger partial charge >= 0.3 is 5.97 Å². The molecule has 1 saturated heterocycles. The monoisotopic (exact) mass is 264 g/mol. The van der Waals surface area contributed by atoms with Crippen molar-refractivity contribution in [3.63, 3.8) is 0 Å². The fourth-order valence-electron chi connectivity index (χ4n) is 3.01. The lowest BCUT2D eigenvalue weighted by molar-refractivity contribution is -0.142. The first kappa shape index (κ1) is 14.3. The molecular weight excluding hydrogens is 240 g/mol. The van der Waals surface area contributed by atoms with Crippen LogP contribution in [-0.2, 0) is 14.3 Å². The Kier molecular flexibility index (Phi) is 3.61. The standard InChI is InChI=1S/C16H24O3/c1-11-7-6-9-15(2,3)12(11)8-10-16(4)13(19-16)14(17)18-5/h7-8,10,12-13H,6,9H2,1-5H3/b10-8+/t12-,13-,16-/m0/s1. The van der Waals surface area contributed by atoms with Crippen LogP contribution in [0.1, 0.15) is 40.5 Å². The summed E-state index contributed by atoms with van der Waals surface area (Å²) in [6.07, 6.45) is 8.45. The second kappa shape index (κ2) is 4.78. The summed E-state index contributed by atoms with van der Waals surface area (Å²) in [6.45, 7) is 8.71. The highest BCUT2D eigenvalue weighted by Crippen LogP contribution is 2.44. The number of carbonyl (C=O) groups is 1. The lowest BCUT2D eigenvalue weighted by atomic mass is 9.68. The minimum Gasteiger partial charge on any atom is -0.467 e. The predicted octanol–water partition coefficient (Wildman–Crippen LogP) is 3.26. The van der Waals surface area contributed by atoms with Crippen molar-refractivity contribution in [2.75, 3.05) is 7.11 Å². The maximum absolute atomic E-state index is 11.4. The molecule has 3 nitrogen and oxygen atoms in total. The Balaban J connectivity index is 2.09. The summed E-state index contributed by atoms with van der Waals surface area (Å²) in [5.41, 5.74) is 1.19. The molecule has 1 aliphatic heterocycles. The van der Waals surface area contributed by atoms with Crippen LogP contribution in [0.15, 0.2) is 23.8 Å². The number of methoxy groups -OCH3 is 1. The highest BCUT2D eigenvalue weighted by molar-refractivity contribution is 5.79. The number of hydrogen-bond donors (Lipinski definition) is 0. The van der Waals surface area contributed by atoms with Gasteiger partial charge in [0, 0.05) is 5.92 Å². The first-order valence-corrected chi connectivity index (χ1v) is 6.92. The SMILES string of the molecule is COC(=O)[C@@H]1O[C@@]1(C)/C=C/[C@H]1C(C)=CCCC1(C)C. The summed E-state index contributed by atoms with van der Waals surface area (Å²) in [5.74, 6) is 0.128. The second-order valence-corrected chi connectivity index (χ2v) is 6.52. The lowest BCUT2D eigenvalue weighted by Gasteiger charge is -2.36. The molecule has 0 aromatic rings. The van der Waals surface area contributed by atoms with Gasteiger partial charge in [0.1, 0.15) is 5.60 Å². The van der Waals surface area contributed by atoms with Gasteiger partial charge in [0.2, 0.25) is 0 Å². The molecule has 1 fully saturated rings. The number of hydrogen-bond acceptors (Lipinski definition) is 3. The van der Waals surface area contributed by atoms with E-state index in [4.69, 9.17) is 9.47 Å². The molecule has 1 heterocycles. The summed E-state index contributed by atoms with van der Waals surface area (Å²) < 4.78 is 10.2. The third-order valence-corrected chi connectivity index (χ3v) is 4.46. The van der Waals surface area contributed by atoms with Crippen molar-refractivity contribution in [2.45, 2.75) is 52.2 Å². The highest BCUT2D eigenvalue weighted by Gasteiger charge is 2.56. The van der Waals surface area contributed by atoms with Crippen molar-refractivity contribution in [3.05, 3.63) is 23.8 Å².